The molecule has 1 aliphatic rings. The van der Waals surface area contributed by atoms with Crippen molar-refractivity contribution in [2.75, 3.05) is 33.8 Å². The highest BCUT2D eigenvalue weighted by atomic mass is 16.5. The number of aromatic amines is 1. The van der Waals surface area contributed by atoms with Crippen molar-refractivity contribution in [1.29, 1.82) is 0 Å². The molecule has 1 aromatic carbocycles. The van der Waals surface area contributed by atoms with Crippen molar-refractivity contribution in [2.24, 2.45) is 0 Å². The lowest BCUT2D eigenvalue weighted by molar-refractivity contribution is -0.133. The molecule has 1 atom stereocenters. The molecule has 0 aliphatic carbocycles. The Morgan fingerprint density at radius 1 is 1.32 bits per heavy atom. The first-order chi connectivity index (χ1) is 12.0. The standard InChI is InChI=1S/C19H26N4O2/c1-13-16(14(2)21-20-13)11-19(24)23-10-9-22(3)17(12-23)15-7-5-6-8-18(15)25-4/h5-8,17H,9-12H2,1-4H3,(H,20,21)/t17-/m1/s1. The van der Waals surface area contributed by atoms with E-state index in [1.165, 1.54) is 0 Å². The Morgan fingerprint density at radius 2 is 2.08 bits per heavy atom. The lowest BCUT2D eigenvalue weighted by atomic mass is 10.0. The largest absolute Gasteiger partial charge is 0.496 e. The Bertz CT molecular complexity index is 736. The normalized spacial score (nSPS) is 18.4. The minimum absolute atomic E-state index is 0.139. The number of benzene rings is 1. The van der Waals surface area contributed by atoms with E-state index in [-0.39, 0.29) is 11.9 Å². The number of piperazine rings is 1. The molecule has 0 bridgehead atoms. The minimum Gasteiger partial charge on any atom is -0.496 e. The predicted octanol–water partition coefficient (Wildman–Crippen LogP) is 2.09. The van der Waals surface area contributed by atoms with Crippen LogP contribution in [0.3, 0.4) is 0 Å². The number of amides is 1. The van der Waals surface area contributed by atoms with E-state index in [0.29, 0.717) is 13.0 Å². The molecule has 1 fully saturated rings. The third-order valence-corrected chi connectivity index (χ3v) is 5.11. The maximum atomic E-state index is 12.8. The number of carbonyl (C=O) groups is 1. The number of H-pyrrole nitrogens is 1. The maximum absolute atomic E-state index is 12.8. The van der Waals surface area contributed by atoms with Crippen molar-refractivity contribution in [2.45, 2.75) is 26.3 Å². The van der Waals surface area contributed by atoms with Crippen LogP contribution in [-0.4, -0.2) is 59.7 Å². The topological polar surface area (TPSA) is 61.5 Å². The quantitative estimate of drug-likeness (QED) is 0.924. The molecule has 1 saturated heterocycles. The summed E-state index contributed by atoms with van der Waals surface area (Å²) in [6.07, 6.45) is 0.399. The van der Waals surface area contributed by atoms with Crippen molar-refractivity contribution in [1.82, 2.24) is 20.0 Å². The van der Waals surface area contributed by atoms with E-state index >= 15 is 0 Å². The van der Waals surface area contributed by atoms with E-state index in [2.05, 4.69) is 28.2 Å². The molecule has 1 N–H and O–H groups in total. The summed E-state index contributed by atoms with van der Waals surface area (Å²) in [6.45, 7) is 6.17. The van der Waals surface area contributed by atoms with Crippen LogP contribution >= 0.6 is 0 Å². The summed E-state index contributed by atoms with van der Waals surface area (Å²) in [4.78, 5) is 17.1. The van der Waals surface area contributed by atoms with Gasteiger partial charge in [0.05, 0.1) is 25.3 Å². The van der Waals surface area contributed by atoms with Crippen LogP contribution in [0.15, 0.2) is 24.3 Å². The molecule has 3 rings (SSSR count). The second kappa shape index (κ2) is 7.27. The Balaban J connectivity index is 1.77. The third kappa shape index (κ3) is 3.54. The van der Waals surface area contributed by atoms with Crippen molar-refractivity contribution in [3.63, 3.8) is 0 Å². The van der Waals surface area contributed by atoms with Crippen LogP contribution in [0.5, 0.6) is 5.75 Å². The predicted molar refractivity (Wildman–Crippen MR) is 96.7 cm³/mol. The molecule has 1 aromatic heterocycles. The maximum Gasteiger partial charge on any atom is 0.227 e. The molecule has 0 radical (unpaired) electrons. The smallest absolute Gasteiger partial charge is 0.227 e. The van der Waals surface area contributed by atoms with Crippen molar-refractivity contribution < 1.29 is 9.53 Å². The molecular formula is C19H26N4O2. The highest BCUT2D eigenvalue weighted by molar-refractivity contribution is 5.79. The Kier molecular flexibility index (Phi) is 5.08. The van der Waals surface area contributed by atoms with Gasteiger partial charge in [-0.25, -0.2) is 0 Å². The number of aromatic nitrogens is 2. The van der Waals surface area contributed by atoms with Gasteiger partial charge in [0.15, 0.2) is 0 Å². The zero-order chi connectivity index (χ0) is 18.0. The average molecular weight is 342 g/mol. The first-order valence-corrected chi connectivity index (χ1v) is 8.62. The van der Waals surface area contributed by atoms with Gasteiger partial charge in [0.1, 0.15) is 5.75 Å². The number of hydrogen-bond donors (Lipinski definition) is 1. The monoisotopic (exact) mass is 342 g/mol. The first-order valence-electron chi connectivity index (χ1n) is 8.62. The van der Waals surface area contributed by atoms with Crippen LogP contribution in [0.2, 0.25) is 0 Å². The SMILES string of the molecule is COc1ccccc1[C@H]1CN(C(=O)Cc2c(C)n[nH]c2C)CCN1C. The van der Waals surface area contributed by atoms with Gasteiger partial charge in [-0.3, -0.25) is 14.8 Å². The number of nitrogens with one attached hydrogen (secondary N) is 1. The fraction of sp³-hybridized carbons (Fsp3) is 0.474. The number of likely N-dealkylation sites (N-methyl/N-ethyl adjacent to an activating group) is 1. The number of nitrogens with zero attached hydrogens (tertiary/aromatic N) is 3. The molecule has 2 aromatic rings. The molecule has 25 heavy (non-hydrogen) atoms. The van der Waals surface area contributed by atoms with Crippen LogP contribution in [-0.2, 0) is 11.2 Å². The van der Waals surface area contributed by atoms with Gasteiger partial charge < -0.3 is 9.64 Å². The van der Waals surface area contributed by atoms with Crippen molar-refractivity contribution in [3.05, 3.63) is 46.8 Å². The summed E-state index contributed by atoms with van der Waals surface area (Å²) in [5.41, 5.74) is 4.01. The summed E-state index contributed by atoms with van der Waals surface area (Å²) in [6, 6.07) is 8.18. The highest BCUT2D eigenvalue weighted by Gasteiger charge is 2.30. The summed E-state index contributed by atoms with van der Waals surface area (Å²) in [5, 5.41) is 7.15. The Morgan fingerprint density at radius 3 is 2.76 bits per heavy atom. The van der Waals surface area contributed by atoms with Crippen molar-refractivity contribution >= 4 is 5.91 Å². The fourth-order valence-corrected chi connectivity index (χ4v) is 3.48. The van der Waals surface area contributed by atoms with Gasteiger partial charge in [-0.1, -0.05) is 18.2 Å². The van der Waals surface area contributed by atoms with E-state index in [0.717, 1.165) is 41.4 Å². The molecule has 1 amide bonds. The molecule has 134 valence electrons. The molecule has 6 heteroatoms. The second-order valence-electron chi connectivity index (χ2n) is 6.67. The Hall–Kier alpha value is -2.34. The van der Waals surface area contributed by atoms with Crippen molar-refractivity contribution in [3.8, 4) is 5.75 Å². The molecule has 0 unspecified atom stereocenters. The zero-order valence-electron chi connectivity index (χ0n) is 15.4. The lowest BCUT2D eigenvalue weighted by Crippen LogP contribution is -2.49. The average Bonchev–Trinajstić information content (AvgIpc) is 2.94. The number of aryl methyl sites for hydroxylation is 2. The van der Waals surface area contributed by atoms with Gasteiger partial charge in [-0.05, 0) is 27.0 Å². The first kappa shape index (κ1) is 17.5. The lowest BCUT2D eigenvalue weighted by Gasteiger charge is -2.40. The number of hydrogen-bond acceptors (Lipinski definition) is 4. The van der Waals surface area contributed by atoms with Crippen LogP contribution in [0.4, 0.5) is 0 Å². The van der Waals surface area contributed by atoms with Gasteiger partial charge >= 0.3 is 0 Å². The van der Waals surface area contributed by atoms with E-state index in [1.807, 2.05) is 36.9 Å². The van der Waals surface area contributed by atoms with Crippen LogP contribution in [0.1, 0.15) is 28.6 Å². The molecule has 0 spiro atoms. The van der Waals surface area contributed by atoms with Gasteiger partial charge in [0, 0.05) is 36.5 Å². The van der Waals surface area contributed by atoms with Crippen LogP contribution in [0.25, 0.3) is 0 Å². The summed E-state index contributed by atoms with van der Waals surface area (Å²) < 4.78 is 5.52. The number of rotatable bonds is 4. The molecular weight excluding hydrogens is 316 g/mol. The van der Waals surface area contributed by atoms with E-state index in [1.54, 1.807) is 7.11 Å². The van der Waals surface area contributed by atoms with Crippen LogP contribution in [0, 0.1) is 13.8 Å². The van der Waals surface area contributed by atoms with E-state index in [9.17, 15) is 4.79 Å². The minimum atomic E-state index is 0.139. The number of methoxy groups -OCH3 is 1. The molecule has 1 aliphatic heterocycles. The summed E-state index contributed by atoms with van der Waals surface area (Å²) in [5.74, 6) is 1.02. The van der Waals surface area contributed by atoms with Gasteiger partial charge in [0.25, 0.3) is 0 Å². The van der Waals surface area contributed by atoms with E-state index < -0.39 is 0 Å². The summed E-state index contributed by atoms with van der Waals surface area (Å²) in [7, 11) is 3.79. The van der Waals surface area contributed by atoms with Gasteiger partial charge in [-0.15, -0.1) is 0 Å². The summed E-state index contributed by atoms with van der Waals surface area (Å²) >= 11 is 0. The molecule has 0 saturated carbocycles. The molecule has 6 nitrogen and oxygen atoms in total. The van der Waals surface area contributed by atoms with E-state index in [4.69, 9.17) is 4.74 Å². The van der Waals surface area contributed by atoms with Crippen LogP contribution < -0.4 is 4.74 Å². The fourth-order valence-electron chi connectivity index (χ4n) is 3.48. The molecule has 2 heterocycles. The Labute approximate surface area is 148 Å². The highest BCUT2D eigenvalue weighted by Crippen LogP contribution is 2.31. The number of para-hydroxylation sites is 1. The second-order valence-corrected chi connectivity index (χ2v) is 6.67. The van der Waals surface area contributed by atoms with Gasteiger partial charge in [0.2, 0.25) is 5.91 Å². The zero-order valence-corrected chi connectivity index (χ0v) is 15.4. The number of ether oxygens (including phenoxy) is 1. The number of carbonyl (C=O) groups excluding carboxylic acids is 1. The van der Waals surface area contributed by atoms with Gasteiger partial charge in [-0.2, -0.15) is 5.10 Å². The third-order valence-electron chi connectivity index (χ3n) is 5.11.